The number of anilines is 1. The molecule has 0 aliphatic carbocycles. The minimum absolute atomic E-state index is 0.465. The van der Waals surface area contributed by atoms with E-state index in [2.05, 4.69) is 4.98 Å². The summed E-state index contributed by atoms with van der Waals surface area (Å²) in [6, 6.07) is 3.56. The molecule has 0 amide bonds. The smallest absolute Gasteiger partial charge is 0.0889 e. The van der Waals surface area contributed by atoms with Crippen molar-refractivity contribution < 1.29 is 14.2 Å². The van der Waals surface area contributed by atoms with E-state index < -0.39 is 0 Å². The molecule has 0 fully saturated rings. The van der Waals surface area contributed by atoms with E-state index in [9.17, 15) is 0 Å². The quantitative estimate of drug-likeness (QED) is 0.658. The largest absolute Gasteiger partial charge is 0.399 e. The Hall–Kier alpha value is -1.17. The SMILES string of the molecule is COCCCOCCOCc1cc(N)ccn1. The number of methoxy groups -OCH3 is 1. The van der Waals surface area contributed by atoms with Gasteiger partial charge in [-0.25, -0.2) is 0 Å². The molecule has 0 aromatic carbocycles. The van der Waals surface area contributed by atoms with E-state index >= 15 is 0 Å². The van der Waals surface area contributed by atoms with Crippen LogP contribution in [0.1, 0.15) is 12.1 Å². The van der Waals surface area contributed by atoms with E-state index in [0.717, 1.165) is 18.7 Å². The Kier molecular flexibility index (Phi) is 7.29. The van der Waals surface area contributed by atoms with Gasteiger partial charge in [0.25, 0.3) is 0 Å². The third kappa shape index (κ3) is 6.88. The summed E-state index contributed by atoms with van der Waals surface area (Å²) in [5.41, 5.74) is 7.17. The Bertz CT molecular complexity index is 308. The fourth-order valence-corrected chi connectivity index (χ4v) is 1.28. The third-order valence-electron chi connectivity index (χ3n) is 2.10. The van der Waals surface area contributed by atoms with Gasteiger partial charge in [-0.3, -0.25) is 4.98 Å². The Morgan fingerprint density at radius 1 is 1.18 bits per heavy atom. The number of nitrogen functional groups attached to an aromatic ring is 1. The van der Waals surface area contributed by atoms with Crippen LogP contribution in [-0.2, 0) is 20.8 Å². The van der Waals surface area contributed by atoms with Gasteiger partial charge in [0, 0.05) is 32.2 Å². The van der Waals surface area contributed by atoms with Gasteiger partial charge in [0.15, 0.2) is 0 Å². The highest BCUT2D eigenvalue weighted by Gasteiger charge is 1.95. The second kappa shape index (κ2) is 8.92. The molecule has 1 aromatic rings. The number of hydrogen-bond donors (Lipinski definition) is 1. The normalized spacial score (nSPS) is 10.6. The van der Waals surface area contributed by atoms with Gasteiger partial charge in [0.05, 0.1) is 25.5 Å². The van der Waals surface area contributed by atoms with Crippen LogP contribution < -0.4 is 5.73 Å². The molecule has 0 unspecified atom stereocenters. The van der Waals surface area contributed by atoms with Crippen LogP contribution in [0.2, 0.25) is 0 Å². The van der Waals surface area contributed by atoms with Gasteiger partial charge in [-0.15, -0.1) is 0 Å². The molecule has 0 saturated heterocycles. The van der Waals surface area contributed by atoms with Crippen molar-refractivity contribution in [2.24, 2.45) is 0 Å². The standard InChI is InChI=1S/C12H20N2O3/c1-15-5-2-6-16-7-8-17-10-12-9-11(13)3-4-14-12/h3-4,9H,2,5-8,10H2,1H3,(H2,13,14). The summed E-state index contributed by atoms with van der Waals surface area (Å²) in [4.78, 5) is 4.14. The van der Waals surface area contributed by atoms with Crippen LogP contribution in [0.25, 0.3) is 0 Å². The summed E-state index contributed by atoms with van der Waals surface area (Å²) in [6.07, 6.45) is 2.59. The zero-order valence-electron chi connectivity index (χ0n) is 10.2. The number of hydrogen-bond acceptors (Lipinski definition) is 5. The molecule has 0 radical (unpaired) electrons. The van der Waals surface area contributed by atoms with Crippen molar-refractivity contribution in [3.8, 4) is 0 Å². The van der Waals surface area contributed by atoms with Gasteiger partial charge in [0.1, 0.15) is 0 Å². The Morgan fingerprint density at radius 3 is 2.76 bits per heavy atom. The number of nitrogens with zero attached hydrogens (tertiary/aromatic N) is 1. The fourth-order valence-electron chi connectivity index (χ4n) is 1.28. The monoisotopic (exact) mass is 240 g/mol. The highest BCUT2D eigenvalue weighted by Crippen LogP contribution is 2.03. The molecule has 0 aliphatic heterocycles. The molecular formula is C12H20N2O3. The first-order chi connectivity index (χ1) is 8.33. The van der Waals surface area contributed by atoms with Crippen molar-refractivity contribution in [1.29, 1.82) is 0 Å². The molecule has 2 N–H and O–H groups in total. The van der Waals surface area contributed by atoms with Crippen LogP contribution in [0.5, 0.6) is 0 Å². The molecule has 0 aliphatic rings. The third-order valence-corrected chi connectivity index (χ3v) is 2.10. The van der Waals surface area contributed by atoms with Crippen LogP contribution in [0.3, 0.4) is 0 Å². The molecule has 1 rings (SSSR count). The van der Waals surface area contributed by atoms with Crippen LogP contribution in [-0.4, -0.2) is 38.5 Å². The molecule has 0 saturated carbocycles. The molecule has 1 heterocycles. The molecular weight excluding hydrogens is 220 g/mol. The summed E-state index contributed by atoms with van der Waals surface area (Å²) >= 11 is 0. The molecule has 0 atom stereocenters. The second-order valence-corrected chi connectivity index (χ2v) is 3.59. The molecule has 0 bridgehead atoms. The number of ether oxygens (including phenoxy) is 3. The number of aromatic nitrogens is 1. The molecule has 96 valence electrons. The van der Waals surface area contributed by atoms with E-state index in [-0.39, 0.29) is 0 Å². The summed E-state index contributed by atoms with van der Waals surface area (Å²) < 4.78 is 15.7. The van der Waals surface area contributed by atoms with E-state index in [1.165, 1.54) is 0 Å². The van der Waals surface area contributed by atoms with Crippen molar-refractivity contribution in [3.05, 3.63) is 24.0 Å². The lowest BCUT2D eigenvalue weighted by Gasteiger charge is -2.05. The lowest BCUT2D eigenvalue weighted by molar-refractivity contribution is 0.0327. The van der Waals surface area contributed by atoms with Gasteiger partial charge in [-0.05, 0) is 18.6 Å². The fraction of sp³-hybridized carbons (Fsp3) is 0.583. The Balaban J connectivity index is 1.97. The average Bonchev–Trinajstić information content (AvgIpc) is 2.33. The molecule has 5 nitrogen and oxygen atoms in total. The van der Waals surface area contributed by atoms with Gasteiger partial charge in [-0.2, -0.15) is 0 Å². The van der Waals surface area contributed by atoms with Crippen molar-refractivity contribution in [1.82, 2.24) is 4.98 Å². The van der Waals surface area contributed by atoms with Gasteiger partial charge < -0.3 is 19.9 Å². The summed E-state index contributed by atoms with van der Waals surface area (Å²) in [5.74, 6) is 0. The molecule has 1 aromatic heterocycles. The zero-order valence-corrected chi connectivity index (χ0v) is 10.2. The first-order valence-electron chi connectivity index (χ1n) is 5.68. The molecule has 5 heteroatoms. The van der Waals surface area contributed by atoms with Gasteiger partial charge in [0.2, 0.25) is 0 Å². The first kappa shape index (κ1) is 13.9. The predicted molar refractivity (Wildman–Crippen MR) is 65.6 cm³/mol. The van der Waals surface area contributed by atoms with Crippen LogP contribution in [0.15, 0.2) is 18.3 Å². The van der Waals surface area contributed by atoms with E-state index in [0.29, 0.717) is 32.1 Å². The number of rotatable bonds is 9. The summed E-state index contributed by atoms with van der Waals surface area (Å²) in [6.45, 7) is 3.05. The minimum atomic E-state index is 0.465. The van der Waals surface area contributed by atoms with Crippen molar-refractivity contribution >= 4 is 5.69 Å². The van der Waals surface area contributed by atoms with Crippen LogP contribution >= 0.6 is 0 Å². The van der Waals surface area contributed by atoms with Crippen molar-refractivity contribution in [3.63, 3.8) is 0 Å². The maximum Gasteiger partial charge on any atom is 0.0889 e. The van der Waals surface area contributed by atoms with E-state index in [1.54, 1.807) is 25.4 Å². The minimum Gasteiger partial charge on any atom is -0.399 e. The maximum absolute atomic E-state index is 5.62. The van der Waals surface area contributed by atoms with Crippen LogP contribution in [0.4, 0.5) is 5.69 Å². The van der Waals surface area contributed by atoms with Crippen molar-refractivity contribution in [2.75, 3.05) is 39.3 Å². The first-order valence-corrected chi connectivity index (χ1v) is 5.68. The van der Waals surface area contributed by atoms with Crippen LogP contribution in [0, 0.1) is 0 Å². The highest BCUT2D eigenvalue weighted by molar-refractivity contribution is 5.36. The molecule has 0 spiro atoms. The topological polar surface area (TPSA) is 66.6 Å². The van der Waals surface area contributed by atoms with Gasteiger partial charge in [-0.1, -0.05) is 0 Å². The lowest BCUT2D eigenvalue weighted by atomic mass is 10.3. The van der Waals surface area contributed by atoms with E-state index in [4.69, 9.17) is 19.9 Å². The summed E-state index contributed by atoms with van der Waals surface area (Å²) in [7, 11) is 1.68. The lowest BCUT2D eigenvalue weighted by Crippen LogP contribution is -2.07. The zero-order chi connectivity index (χ0) is 12.3. The maximum atomic E-state index is 5.62. The Morgan fingerprint density at radius 2 is 2.00 bits per heavy atom. The number of pyridine rings is 1. The predicted octanol–water partition coefficient (Wildman–Crippen LogP) is 1.23. The van der Waals surface area contributed by atoms with Crippen molar-refractivity contribution in [2.45, 2.75) is 13.0 Å². The van der Waals surface area contributed by atoms with Gasteiger partial charge >= 0.3 is 0 Å². The number of nitrogens with two attached hydrogens (primary N) is 1. The van der Waals surface area contributed by atoms with E-state index in [1.807, 2.05) is 0 Å². The Labute approximate surface area is 102 Å². The molecule has 17 heavy (non-hydrogen) atoms. The summed E-state index contributed by atoms with van der Waals surface area (Å²) in [5, 5.41) is 0. The highest BCUT2D eigenvalue weighted by atomic mass is 16.5. The second-order valence-electron chi connectivity index (χ2n) is 3.59. The average molecular weight is 240 g/mol.